The number of hydrogen-bond donors (Lipinski definition) is 1. The maximum Gasteiger partial charge on any atom is 0.248 e. The summed E-state index contributed by atoms with van der Waals surface area (Å²) < 4.78 is 30.9. The van der Waals surface area contributed by atoms with Crippen LogP contribution in [0.1, 0.15) is 12.5 Å². The van der Waals surface area contributed by atoms with Crippen molar-refractivity contribution in [1.29, 1.82) is 0 Å². The number of sulfonamides is 1. The lowest BCUT2D eigenvalue weighted by atomic mass is 10.2. The molecule has 2 aromatic carbocycles. The summed E-state index contributed by atoms with van der Waals surface area (Å²) in [7, 11) is -2.21. The molecule has 0 aliphatic rings. The van der Waals surface area contributed by atoms with Crippen LogP contribution in [0.4, 0.5) is 11.4 Å². The molecule has 6 nitrogen and oxygen atoms in total. The van der Waals surface area contributed by atoms with Crippen LogP contribution in [0.25, 0.3) is 0 Å². The lowest BCUT2D eigenvalue weighted by Gasteiger charge is -2.28. The lowest BCUT2D eigenvalue weighted by molar-refractivity contribution is -0.116. The molecule has 1 unspecified atom stereocenters. The van der Waals surface area contributed by atoms with Crippen molar-refractivity contribution >= 4 is 38.9 Å². The van der Waals surface area contributed by atoms with Gasteiger partial charge in [0.05, 0.1) is 24.7 Å². The van der Waals surface area contributed by atoms with Crippen molar-refractivity contribution in [3.05, 3.63) is 53.1 Å². The largest absolute Gasteiger partial charge is 0.495 e. The van der Waals surface area contributed by atoms with Crippen LogP contribution in [0.5, 0.6) is 5.75 Å². The number of aryl methyl sites for hydroxylation is 1. The second kappa shape index (κ2) is 7.97. The Morgan fingerprint density at radius 1 is 1.23 bits per heavy atom. The highest BCUT2D eigenvalue weighted by atomic mass is 35.5. The number of methoxy groups -OCH3 is 1. The fourth-order valence-corrected chi connectivity index (χ4v) is 3.93. The van der Waals surface area contributed by atoms with Gasteiger partial charge in [-0.15, -0.1) is 0 Å². The first kappa shape index (κ1) is 20.1. The van der Waals surface area contributed by atoms with Crippen molar-refractivity contribution in [3.8, 4) is 5.75 Å². The summed E-state index contributed by atoms with van der Waals surface area (Å²) in [5, 5.41) is 3.11. The van der Waals surface area contributed by atoms with E-state index in [2.05, 4.69) is 5.32 Å². The minimum Gasteiger partial charge on any atom is -0.495 e. The molecule has 1 atom stereocenters. The van der Waals surface area contributed by atoms with Crippen LogP contribution in [0.3, 0.4) is 0 Å². The Bertz CT molecular complexity index is 915. The molecule has 0 bridgehead atoms. The number of halogens is 1. The van der Waals surface area contributed by atoms with Gasteiger partial charge in [-0.1, -0.05) is 23.7 Å². The molecule has 140 valence electrons. The zero-order valence-electron chi connectivity index (χ0n) is 15.0. The predicted molar refractivity (Wildman–Crippen MR) is 105 cm³/mol. The zero-order valence-corrected chi connectivity index (χ0v) is 16.6. The van der Waals surface area contributed by atoms with Gasteiger partial charge in [0.1, 0.15) is 11.8 Å². The number of anilines is 2. The molecular weight excluding hydrogens is 376 g/mol. The maximum absolute atomic E-state index is 12.7. The first-order chi connectivity index (χ1) is 12.1. The van der Waals surface area contributed by atoms with E-state index < -0.39 is 22.0 Å². The number of nitrogens with one attached hydrogen (secondary N) is 1. The molecule has 0 aliphatic carbocycles. The predicted octanol–water partition coefficient (Wildman–Crippen LogP) is 3.45. The monoisotopic (exact) mass is 396 g/mol. The van der Waals surface area contributed by atoms with Crippen molar-refractivity contribution in [2.45, 2.75) is 19.9 Å². The van der Waals surface area contributed by atoms with Crippen LogP contribution in [-0.4, -0.2) is 33.7 Å². The molecule has 0 fully saturated rings. The van der Waals surface area contributed by atoms with E-state index >= 15 is 0 Å². The molecule has 1 N–H and O–H groups in total. The summed E-state index contributed by atoms with van der Waals surface area (Å²) in [6.07, 6.45) is 1.07. The third-order valence-corrected chi connectivity index (χ3v) is 5.24. The van der Waals surface area contributed by atoms with Crippen LogP contribution >= 0.6 is 11.6 Å². The van der Waals surface area contributed by atoms with Gasteiger partial charge in [0.25, 0.3) is 0 Å². The summed E-state index contributed by atoms with van der Waals surface area (Å²) in [5.74, 6) is -0.0751. The Morgan fingerprint density at radius 2 is 1.92 bits per heavy atom. The quantitative estimate of drug-likeness (QED) is 0.811. The van der Waals surface area contributed by atoms with Crippen LogP contribution in [0, 0.1) is 6.92 Å². The Morgan fingerprint density at radius 3 is 2.50 bits per heavy atom. The third-order valence-electron chi connectivity index (χ3n) is 3.76. The van der Waals surface area contributed by atoms with Crippen molar-refractivity contribution in [1.82, 2.24) is 0 Å². The van der Waals surface area contributed by atoms with Gasteiger partial charge < -0.3 is 10.1 Å². The summed E-state index contributed by atoms with van der Waals surface area (Å²) >= 11 is 5.97. The molecule has 26 heavy (non-hydrogen) atoms. The summed E-state index contributed by atoms with van der Waals surface area (Å²) in [6, 6.07) is 10.8. The molecule has 0 saturated heterocycles. The summed E-state index contributed by atoms with van der Waals surface area (Å²) in [5.41, 5.74) is 1.68. The van der Waals surface area contributed by atoms with Gasteiger partial charge in [-0.3, -0.25) is 9.10 Å². The smallest absolute Gasteiger partial charge is 0.248 e. The summed E-state index contributed by atoms with van der Waals surface area (Å²) in [4.78, 5) is 12.7. The van der Waals surface area contributed by atoms with Crippen molar-refractivity contribution in [2.75, 3.05) is 23.0 Å². The molecule has 0 saturated carbocycles. The molecule has 2 rings (SSSR count). The van der Waals surface area contributed by atoms with Gasteiger partial charge in [0.15, 0.2) is 0 Å². The molecule has 0 radical (unpaired) electrons. The van der Waals surface area contributed by atoms with E-state index in [0.717, 1.165) is 16.1 Å². The standard InChI is InChI=1S/C18H21ClN2O4S/c1-12-6-5-7-15(10-12)21(26(4,23)24)13(2)18(22)20-16-11-14(19)8-9-17(16)25-3/h5-11,13H,1-4H3,(H,20,22). The Labute approximate surface area is 158 Å². The normalized spacial score (nSPS) is 12.3. The SMILES string of the molecule is COc1ccc(Cl)cc1NC(=O)C(C)N(c1cccc(C)c1)S(C)(=O)=O. The van der Waals surface area contributed by atoms with Crippen molar-refractivity contribution in [3.63, 3.8) is 0 Å². The van der Waals surface area contributed by atoms with E-state index in [4.69, 9.17) is 16.3 Å². The lowest BCUT2D eigenvalue weighted by Crippen LogP contribution is -2.45. The zero-order chi connectivity index (χ0) is 19.5. The van der Waals surface area contributed by atoms with Gasteiger partial charge in [-0.25, -0.2) is 8.42 Å². The number of ether oxygens (including phenoxy) is 1. The van der Waals surface area contributed by atoms with Crippen LogP contribution in [0.15, 0.2) is 42.5 Å². The highest BCUT2D eigenvalue weighted by Gasteiger charge is 2.29. The van der Waals surface area contributed by atoms with Gasteiger partial charge in [0, 0.05) is 5.02 Å². The fourth-order valence-electron chi connectivity index (χ4n) is 2.59. The first-order valence-corrected chi connectivity index (χ1v) is 10.1. The van der Waals surface area contributed by atoms with E-state index in [1.54, 1.807) is 36.4 Å². The van der Waals surface area contributed by atoms with Gasteiger partial charge >= 0.3 is 0 Å². The maximum atomic E-state index is 12.7. The average Bonchev–Trinajstić information content (AvgIpc) is 2.54. The molecule has 0 spiro atoms. The Kier molecular flexibility index (Phi) is 6.15. The van der Waals surface area contributed by atoms with Gasteiger partial charge in [-0.2, -0.15) is 0 Å². The second-order valence-corrected chi connectivity index (χ2v) is 8.20. The van der Waals surface area contributed by atoms with E-state index in [1.807, 2.05) is 13.0 Å². The number of carbonyl (C=O) groups excluding carboxylic acids is 1. The average molecular weight is 397 g/mol. The van der Waals surface area contributed by atoms with Crippen molar-refractivity contribution in [2.24, 2.45) is 0 Å². The second-order valence-electron chi connectivity index (χ2n) is 5.91. The molecule has 2 aromatic rings. The van der Waals surface area contributed by atoms with Gasteiger partial charge in [-0.05, 0) is 49.7 Å². The molecule has 0 aliphatic heterocycles. The highest BCUT2D eigenvalue weighted by molar-refractivity contribution is 7.92. The minimum absolute atomic E-state index is 0.370. The fraction of sp³-hybridized carbons (Fsp3) is 0.278. The number of carbonyl (C=O) groups is 1. The van der Waals surface area contributed by atoms with E-state index in [0.29, 0.717) is 22.1 Å². The minimum atomic E-state index is -3.68. The number of benzene rings is 2. The molecule has 1 amide bonds. The van der Waals surface area contributed by atoms with E-state index in [1.165, 1.54) is 14.0 Å². The van der Waals surface area contributed by atoms with Crippen molar-refractivity contribution < 1.29 is 17.9 Å². The molecule has 8 heteroatoms. The highest BCUT2D eigenvalue weighted by Crippen LogP contribution is 2.29. The van der Waals surface area contributed by atoms with E-state index in [9.17, 15) is 13.2 Å². The topological polar surface area (TPSA) is 75.7 Å². The van der Waals surface area contributed by atoms with Gasteiger partial charge in [0.2, 0.25) is 15.9 Å². The number of hydrogen-bond acceptors (Lipinski definition) is 4. The number of rotatable bonds is 6. The Balaban J connectivity index is 2.36. The third kappa shape index (κ3) is 4.68. The molecular formula is C18H21ClN2O4S. The number of amides is 1. The number of nitrogens with zero attached hydrogens (tertiary/aromatic N) is 1. The first-order valence-electron chi connectivity index (χ1n) is 7.84. The molecule has 0 aromatic heterocycles. The Hall–Kier alpha value is -2.25. The van der Waals surface area contributed by atoms with E-state index in [-0.39, 0.29) is 0 Å². The summed E-state index contributed by atoms with van der Waals surface area (Å²) in [6.45, 7) is 3.38. The molecule has 0 heterocycles. The van der Waals surface area contributed by atoms with Crippen LogP contribution < -0.4 is 14.4 Å². The van der Waals surface area contributed by atoms with Crippen LogP contribution in [0.2, 0.25) is 5.02 Å². The van der Waals surface area contributed by atoms with Crippen LogP contribution in [-0.2, 0) is 14.8 Å².